The Hall–Kier alpha value is -5.39. The summed E-state index contributed by atoms with van der Waals surface area (Å²) in [6.45, 7) is 6.77. The van der Waals surface area contributed by atoms with Gasteiger partial charge in [-0.25, -0.2) is 14.8 Å². The molecule has 2 aliphatic heterocycles. The standard InChI is InChI=1S/C36H38F3N9O2/c1-4-47-14-16-48(17-15-47)22-25-10-11-27(19-29(25)36(37,38)39)44-35(50)43-26-7-5-6-23(18-26)8-9-24-21-42-34(40-2)45-32(24)31-20-28-30(46(31)3)12-13-41-33(28)49/h5-7,10-11,18-21H,4,12-17,22H2,1-3H3,(H,41,49)(H,40,42,45)(H2,43,44,50). The molecule has 260 valence electrons. The van der Waals surface area contributed by atoms with E-state index in [1.54, 1.807) is 43.6 Å². The molecular formula is C36H38F3N9O2. The number of rotatable bonds is 7. The van der Waals surface area contributed by atoms with E-state index in [4.69, 9.17) is 0 Å². The molecule has 6 rings (SSSR count). The van der Waals surface area contributed by atoms with Crippen molar-refractivity contribution in [2.45, 2.75) is 26.1 Å². The van der Waals surface area contributed by atoms with Crippen LogP contribution in [0.5, 0.6) is 0 Å². The monoisotopic (exact) mass is 685 g/mol. The Kier molecular flexibility index (Phi) is 10.1. The van der Waals surface area contributed by atoms with Crippen molar-refractivity contribution in [2.24, 2.45) is 7.05 Å². The SMILES string of the molecule is CCN1CCN(Cc2ccc(NC(=O)Nc3cccc(C#Cc4cnc(NC)nc4-c4cc5c(n4C)CCNC5=O)c3)cc2C(F)(F)F)CC1. The van der Waals surface area contributed by atoms with Gasteiger partial charge in [0.15, 0.2) is 0 Å². The van der Waals surface area contributed by atoms with Crippen molar-refractivity contribution in [3.05, 3.63) is 88.2 Å². The summed E-state index contributed by atoms with van der Waals surface area (Å²) in [4.78, 5) is 38.6. The van der Waals surface area contributed by atoms with Crippen molar-refractivity contribution in [3.8, 4) is 23.2 Å². The van der Waals surface area contributed by atoms with Gasteiger partial charge >= 0.3 is 12.2 Å². The molecule has 0 aliphatic carbocycles. The van der Waals surface area contributed by atoms with E-state index < -0.39 is 17.8 Å². The molecule has 0 radical (unpaired) electrons. The highest BCUT2D eigenvalue weighted by Gasteiger charge is 2.34. The molecule has 4 N–H and O–H groups in total. The Morgan fingerprint density at radius 3 is 2.44 bits per heavy atom. The second kappa shape index (κ2) is 14.6. The number of hydrogen-bond acceptors (Lipinski definition) is 7. The van der Waals surface area contributed by atoms with Crippen LogP contribution in [0.25, 0.3) is 11.4 Å². The Balaban J connectivity index is 1.17. The minimum Gasteiger partial charge on any atom is -0.357 e. The third-order valence-corrected chi connectivity index (χ3v) is 8.95. The Morgan fingerprint density at radius 2 is 1.74 bits per heavy atom. The van der Waals surface area contributed by atoms with Crippen LogP contribution < -0.4 is 21.3 Å². The van der Waals surface area contributed by atoms with E-state index >= 15 is 0 Å². The van der Waals surface area contributed by atoms with Crippen molar-refractivity contribution in [1.82, 2.24) is 29.7 Å². The fraction of sp³-hybridized carbons (Fsp3) is 0.333. The third-order valence-electron chi connectivity index (χ3n) is 8.95. The number of halogens is 3. The smallest absolute Gasteiger partial charge is 0.357 e. The highest BCUT2D eigenvalue weighted by Crippen LogP contribution is 2.35. The normalized spacial score (nSPS) is 15.0. The molecule has 4 heterocycles. The first-order valence-corrected chi connectivity index (χ1v) is 16.4. The highest BCUT2D eigenvalue weighted by molar-refractivity contribution is 6.00. The number of carbonyl (C=O) groups excluding carboxylic acids is 2. The number of nitrogens with zero attached hydrogens (tertiary/aromatic N) is 5. The van der Waals surface area contributed by atoms with Crippen LogP contribution in [0.15, 0.2) is 54.7 Å². The van der Waals surface area contributed by atoms with Crippen molar-refractivity contribution in [1.29, 1.82) is 0 Å². The number of urea groups is 1. The van der Waals surface area contributed by atoms with Gasteiger partial charge in [0.25, 0.3) is 5.91 Å². The van der Waals surface area contributed by atoms with E-state index in [0.29, 0.717) is 60.1 Å². The summed E-state index contributed by atoms with van der Waals surface area (Å²) in [6, 6.07) is 11.8. The number of benzene rings is 2. The van der Waals surface area contributed by atoms with E-state index in [0.717, 1.165) is 37.1 Å². The van der Waals surface area contributed by atoms with Gasteiger partial charge in [0.05, 0.1) is 22.4 Å². The minimum atomic E-state index is -4.58. The predicted octanol–water partition coefficient (Wildman–Crippen LogP) is 5.01. The number of alkyl halides is 3. The second-order valence-corrected chi connectivity index (χ2v) is 12.2. The molecule has 2 aromatic heterocycles. The van der Waals surface area contributed by atoms with Crippen LogP contribution in [0.4, 0.5) is 35.3 Å². The van der Waals surface area contributed by atoms with E-state index in [1.807, 2.05) is 16.5 Å². The van der Waals surface area contributed by atoms with E-state index in [-0.39, 0.29) is 23.7 Å². The number of carbonyl (C=O) groups is 2. The van der Waals surface area contributed by atoms with Gasteiger partial charge in [-0.2, -0.15) is 13.2 Å². The lowest BCUT2D eigenvalue weighted by molar-refractivity contribution is -0.138. The maximum Gasteiger partial charge on any atom is 0.416 e. The lowest BCUT2D eigenvalue weighted by atomic mass is 10.0. The van der Waals surface area contributed by atoms with Crippen LogP contribution in [0, 0.1) is 11.8 Å². The number of nitrogens with one attached hydrogen (secondary N) is 4. The summed E-state index contributed by atoms with van der Waals surface area (Å²) in [7, 11) is 3.60. The highest BCUT2D eigenvalue weighted by atomic mass is 19.4. The summed E-state index contributed by atoms with van der Waals surface area (Å²) < 4.78 is 44.2. The van der Waals surface area contributed by atoms with Crippen LogP contribution >= 0.6 is 0 Å². The van der Waals surface area contributed by atoms with E-state index in [2.05, 4.69) is 54.9 Å². The summed E-state index contributed by atoms with van der Waals surface area (Å²) in [5, 5.41) is 11.0. The average Bonchev–Trinajstić information content (AvgIpc) is 3.45. The van der Waals surface area contributed by atoms with Gasteiger partial charge in [0.2, 0.25) is 5.95 Å². The van der Waals surface area contributed by atoms with Gasteiger partial charge in [-0.1, -0.05) is 30.9 Å². The van der Waals surface area contributed by atoms with E-state index in [1.165, 1.54) is 12.1 Å². The number of aromatic nitrogens is 3. The first kappa shape index (κ1) is 34.5. The number of anilines is 3. The molecule has 0 bridgehead atoms. The van der Waals surface area contributed by atoms with Crippen molar-refractivity contribution in [3.63, 3.8) is 0 Å². The largest absolute Gasteiger partial charge is 0.416 e. The summed E-state index contributed by atoms with van der Waals surface area (Å²) in [5.41, 5.74) is 3.72. The maximum absolute atomic E-state index is 14.1. The second-order valence-electron chi connectivity index (χ2n) is 12.2. The zero-order valence-electron chi connectivity index (χ0n) is 28.0. The molecular weight excluding hydrogens is 647 g/mol. The molecule has 0 spiro atoms. The predicted molar refractivity (Wildman–Crippen MR) is 186 cm³/mol. The first-order chi connectivity index (χ1) is 24.0. The summed E-state index contributed by atoms with van der Waals surface area (Å²) in [6.07, 6.45) is -2.27. The molecule has 0 saturated carbocycles. The van der Waals surface area contributed by atoms with Gasteiger partial charge in [-0.3, -0.25) is 9.69 Å². The average molecular weight is 686 g/mol. The van der Waals surface area contributed by atoms with Gasteiger partial charge in [0.1, 0.15) is 5.69 Å². The quantitative estimate of drug-likeness (QED) is 0.202. The molecule has 11 nitrogen and oxygen atoms in total. The third kappa shape index (κ3) is 7.74. The lowest BCUT2D eigenvalue weighted by Gasteiger charge is -2.34. The first-order valence-electron chi connectivity index (χ1n) is 16.4. The number of piperazine rings is 1. The summed E-state index contributed by atoms with van der Waals surface area (Å²) >= 11 is 0. The molecule has 2 aromatic carbocycles. The maximum atomic E-state index is 14.1. The van der Waals surface area contributed by atoms with Crippen molar-refractivity contribution in [2.75, 3.05) is 62.3 Å². The Labute approximate surface area is 288 Å². The molecule has 1 fully saturated rings. The van der Waals surface area contributed by atoms with Gasteiger partial charge in [-0.05, 0) is 48.5 Å². The molecule has 0 unspecified atom stereocenters. The van der Waals surface area contributed by atoms with Crippen LogP contribution in [0.3, 0.4) is 0 Å². The van der Waals surface area contributed by atoms with Crippen LogP contribution in [0.2, 0.25) is 0 Å². The molecule has 2 aliphatic rings. The fourth-order valence-corrected chi connectivity index (χ4v) is 6.22. The molecule has 0 atom stereocenters. The minimum absolute atomic E-state index is 0.0303. The van der Waals surface area contributed by atoms with Crippen LogP contribution in [-0.2, 0) is 26.2 Å². The molecule has 4 aromatic rings. The lowest BCUT2D eigenvalue weighted by Crippen LogP contribution is -2.45. The molecule has 1 saturated heterocycles. The van der Waals surface area contributed by atoms with Gasteiger partial charge in [-0.15, -0.1) is 0 Å². The van der Waals surface area contributed by atoms with Crippen LogP contribution in [-0.4, -0.2) is 82.6 Å². The van der Waals surface area contributed by atoms with Crippen molar-refractivity contribution >= 4 is 29.3 Å². The molecule has 3 amide bonds. The number of amides is 3. The van der Waals surface area contributed by atoms with E-state index in [9.17, 15) is 22.8 Å². The molecule has 50 heavy (non-hydrogen) atoms. The Morgan fingerprint density at radius 1 is 1.00 bits per heavy atom. The Bertz CT molecular complexity index is 1970. The van der Waals surface area contributed by atoms with Crippen molar-refractivity contribution < 1.29 is 22.8 Å². The van der Waals surface area contributed by atoms with Gasteiger partial charge < -0.3 is 30.7 Å². The number of hydrogen-bond donors (Lipinski definition) is 4. The van der Waals surface area contributed by atoms with Crippen LogP contribution in [0.1, 0.15) is 45.2 Å². The zero-order valence-corrected chi connectivity index (χ0v) is 28.0. The van der Waals surface area contributed by atoms with Gasteiger partial charge in [0, 0.05) is 88.6 Å². The zero-order chi connectivity index (χ0) is 35.4. The fourth-order valence-electron chi connectivity index (χ4n) is 6.22. The number of likely N-dealkylation sites (N-methyl/N-ethyl adjacent to an activating group) is 1. The summed E-state index contributed by atoms with van der Waals surface area (Å²) in [5.74, 6) is 6.47. The topological polar surface area (TPSA) is 119 Å². The molecule has 14 heteroatoms. The number of fused-ring (bicyclic) bond motifs is 1.